The third-order valence-electron chi connectivity index (χ3n) is 1.17. The Morgan fingerprint density at radius 1 is 1.36 bits per heavy atom. The molecule has 0 bridgehead atoms. The normalized spacial score (nSPS) is 8.82. The number of hydrogen-bond acceptors (Lipinski definition) is 2. The summed E-state index contributed by atoms with van der Waals surface area (Å²) in [5.74, 6) is 1.38. The molecule has 0 spiro atoms. The highest BCUT2D eigenvalue weighted by molar-refractivity contribution is 7.99. The van der Waals surface area contributed by atoms with Crippen molar-refractivity contribution in [2.24, 2.45) is 0 Å². The predicted molar refractivity (Wildman–Crippen MR) is 54.9 cm³/mol. The molecule has 1 aromatic rings. The van der Waals surface area contributed by atoms with E-state index in [0.717, 1.165) is 10.6 Å². The van der Waals surface area contributed by atoms with Crippen molar-refractivity contribution in [2.45, 2.75) is 11.8 Å². The van der Waals surface area contributed by atoms with Crippen LogP contribution in [0.1, 0.15) is 6.92 Å². The van der Waals surface area contributed by atoms with E-state index < -0.39 is 0 Å². The van der Waals surface area contributed by atoms with Crippen molar-refractivity contribution in [3.63, 3.8) is 0 Å². The highest BCUT2D eigenvalue weighted by Gasteiger charge is 1.95. The minimum absolute atomic E-state index is 0. The van der Waals surface area contributed by atoms with Crippen molar-refractivity contribution >= 4 is 25.3 Å². The Morgan fingerprint density at radius 3 is 2.55 bits per heavy atom. The molecule has 0 aliphatic heterocycles. The maximum absolute atomic E-state index is 9.22. The minimum atomic E-state index is 0. The first-order valence-corrected chi connectivity index (χ1v) is 4.24. The van der Waals surface area contributed by atoms with E-state index in [-0.39, 0.29) is 13.5 Å². The Hall–Kier alpha value is -0.280. The number of rotatable bonds is 2. The molecule has 0 saturated heterocycles. The molecule has 0 aliphatic carbocycles. The van der Waals surface area contributed by atoms with Gasteiger partial charge in [0.05, 0.1) is 0 Å². The van der Waals surface area contributed by atoms with Crippen LogP contribution >= 0.6 is 25.3 Å². The van der Waals surface area contributed by atoms with Gasteiger partial charge in [0.2, 0.25) is 0 Å². The van der Waals surface area contributed by atoms with E-state index in [4.69, 9.17) is 0 Å². The van der Waals surface area contributed by atoms with Gasteiger partial charge >= 0.3 is 0 Å². The lowest BCUT2D eigenvalue weighted by atomic mass is 10.3. The van der Waals surface area contributed by atoms with Crippen LogP contribution in [0.15, 0.2) is 29.2 Å². The van der Waals surface area contributed by atoms with Crippen molar-refractivity contribution in [1.29, 1.82) is 0 Å². The zero-order chi connectivity index (χ0) is 7.40. The summed E-state index contributed by atoms with van der Waals surface area (Å²) in [6.45, 7) is 2.07. The van der Waals surface area contributed by atoms with Gasteiger partial charge in [-0.15, -0.1) is 11.8 Å². The fourth-order valence-corrected chi connectivity index (χ4v) is 1.44. The van der Waals surface area contributed by atoms with Crippen molar-refractivity contribution in [3.8, 4) is 5.75 Å². The SMILES string of the molecule is CCSc1ccccc1O.S. The van der Waals surface area contributed by atoms with E-state index in [1.54, 1.807) is 17.8 Å². The van der Waals surface area contributed by atoms with E-state index in [0.29, 0.717) is 5.75 Å². The molecule has 0 amide bonds. The quantitative estimate of drug-likeness (QED) is 0.720. The molecule has 0 fully saturated rings. The Bertz CT molecular complexity index is 213. The molecule has 62 valence electrons. The van der Waals surface area contributed by atoms with Gasteiger partial charge in [0.1, 0.15) is 5.75 Å². The van der Waals surface area contributed by atoms with Gasteiger partial charge < -0.3 is 5.11 Å². The highest BCUT2D eigenvalue weighted by atomic mass is 32.2. The van der Waals surface area contributed by atoms with E-state index in [9.17, 15) is 5.11 Å². The van der Waals surface area contributed by atoms with Crippen LogP contribution in [0.3, 0.4) is 0 Å². The number of aromatic hydroxyl groups is 1. The molecule has 0 heterocycles. The summed E-state index contributed by atoms with van der Waals surface area (Å²) < 4.78 is 0. The van der Waals surface area contributed by atoms with Crippen LogP contribution in [0, 0.1) is 0 Å². The number of phenols is 1. The standard InChI is InChI=1S/C8H10OS.H2S/c1-2-10-8-6-4-3-5-7(8)9;/h3-6,9H,2H2,1H3;1H2. The lowest BCUT2D eigenvalue weighted by molar-refractivity contribution is 0.462. The lowest BCUT2D eigenvalue weighted by Gasteiger charge is -1.99. The molecule has 0 atom stereocenters. The average Bonchev–Trinajstić information content (AvgIpc) is 1.94. The van der Waals surface area contributed by atoms with Crippen LogP contribution in [-0.2, 0) is 0 Å². The van der Waals surface area contributed by atoms with E-state index in [1.165, 1.54) is 0 Å². The van der Waals surface area contributed by atoms with Gasteiger partial charge in [0, 0.05) is 4.90 Å². The van der Waals surface area contributed by atoms with E-state index >= 15 is 0 Å². The Labute approximate surface area is 78.3 Å². The van der Waals surface area contributed by atoms with E-state index in [1.807, 2.05) is 18.2 Å². The Kier molecular flexibility index (Phi) is 5.24. The van der Waals surface area contributed by atoms with Gasteiger partial charge in [-0.2, -0.15) is 13.5 Å². The van der Waals surface area contributed by atoms with Gasteiger partial charge in [-0.05, 0) is 17.9 Å². The summed E-state index contributed by atoms with van der Waals surface area (Å²) in [6, 6.07) is 7.38. The number of para-hydroxylation sites is 1. The van der Waals surface area contributed by atoms with E-state index in [2.05, 4.69) is 6.92 Å². The molecule has 0 aromatic heterocycles. The van der Waals surface area contributed by atoms with Crippen LogP contribution in [0.5, 0.6) is 5.75 Å². The largest absolute Gasteiger partial charge is 0.507 e. The van der Waals surface area contributed by atoms with Crippen LogP contribution in [0.2, 0.25) is 0 Å². The zero-order valence-electron chi connectivity index (χ0n) is 6.37. The molecule has 0 aliphatic rings. The highest BCUT2D eigenvalue weighted by Crippen LogP contribution is 2.26. The second kappa shape index (κ2) is 5.38. The van der Waals surface area contributed by atoms with Crippen LogP contribution in [-0.4, -0.2) is 10.9 Å². The first-order chi connectivity index (χ1) is 4.84. The second-order valence-electron chi connectivity index (χ2n) is 1.90. The summed E-state index contributed by atoms with van der Waals surface area (Å²) in [5, 5.41) is 9.22. The molecule has 11 heavy (non-hydrogen) atoms. The summed E-state index contributed by atoms with van der Waals surface area (Å²) in [5.41, 5.74) is 0. The molecular formula is C8H12OS2. The topological polar surface area (TPSA) is 20.2 Å². The molecular weight excluding hydrogens is 176 g/mol. The minimum Gasteiger partial charge on any atom is -0.507 e. The third kappa shape index (κ3) is 3.08. The van der Waals surface area contributed by atoms with Crippen molar-refractivity contribution in [2.75, 3.05) is 5.75 Å². The molecule has 0 unspecified atom stereocenters. The number of phenolic OH excluding ortho intramolecular Hbond substituents is 1. The van der Waals surface area contributed by atoms with Gasteiger partial charge in [-0.25, -0.2) is 0 Å². The predicted octanol–water partition coefficient (Wildman–Crippen LogP) is 2.62. The zero-order valence-corrected chi connectivity index (χ0v) is 8.19. The van der Waals surface area contributed by atoms with Gasteiger partial charge in [0.15, 0.2) is 0 Å². The molecule has 1 nitrogen and oxygen atoms in total. The third-order valence-corrected chi connectivity index (χ3v) is 2.11. The van der Waals surface area contributed by atoms with Crippen molar-refractivity contribution in [3.05, 3.63) is 24.3 Å². The number of benzene rings is 1. The molecule has 3 heteroatoms. The second-order valence-corrected chi connectivity index (χ2v) is 3.21. The smallest absolute Gasteiger partial charge is 0.129 e. The average molecular weight is 188 g/mol. The fraction of sp³-hybridized carbons (Fsp3) is 0.250. The summed E-state index contributed by atoms with van der Waals surface area (Å²) in [7, 11) is 0. The van der Waals surface area contributed by atoms with Crippen LogP contribution in [0.25, 0.3) is 0 Å². The van der Waals surface area contributed by atoms with Gasteiger partial charge in [-0.1, -0.05) is 19.1 Å². The maximum Gasteiger partial charge on any atom is 0.129 e. The van der Waals surface area contributed by atoms with Crippen LogP contribution in [0.4, 0.5) is 0 Å². The number of thioether (sulfide) groups is 1. The first-order valence-electron chi connectivity index (χ1n) is 3.25. The molecule has 0 radical (unpaired) electrons. The Balaban J connectivity index is 0.000001000. The summed E-state index contributed by atoms with van der Waals surface area (Å²) in [6.07, 6.45) is 0. The molecule has 0 saturated carbocycles. The summed E-state index contributed by atoms with van der Waals surface area (Å²) >= 11 is 1.65. The van der Waals surface area contributed by atoms with Crippen molar-refractivity contribution in [1.82, 2.24) is 0 Å². The van der Waals surface area contributed by atoms with Gasteiger partial charge in [0.25, 0.3) is 0 Å². The summed E-state index contributed by atoms with van der Waals surface area (Å²) in [4.78, 5) is 0.963. The van der Waals surface area contributed by atoms with Crippen molar-refractivity contribution < 1.29 is 5.11 Å². The Morgan fingerprint density at radius 2 is 2.00 bits per heavy atom. The van der Waals surface area contributed by atoms with Gasteiger partial charge in [-0.3, -0.25) is 0 Å². The first kappa shape index (κ1) is 10.7. The molecule has 1 rings (SSSR count). The maximum atomic E-state index is 9.22. The lowest BCUT2D eigenvalue weighted by Crippen LogP contribution is -1.72. The fourth-order valence-electron chi connectivity index (χ4n) is 0.735. The molecule has 1 N–H and O–H groups in total. The number of hydrogen-bond donors (Lipinski definition) is 1. The molecule has 1 aromatic carbocycles. The monoisotopic (exact) mass is 188 g/mol. The van der Waals surface area contributed by atoms with Crippen LogP contribution < -0.4 is 0 Å².